The van der Waals surface area contributed by atoms with Gasteiger partial charge >= 0.3 is 0 Å². The van der Waals surface area contributed by atoms with Gasteiger partial charge in [0.15, 0.2) is 12.6 Å². The van der Waals surface area contributed by atoms with E-state index in [1.165, 1.54) is 0 Å². The van der Waals surface area contributed by atoms with Gasteiger partial charge in [0.1, 0.15) is 5.78 Å². The normalized spacial score (nSPS) is 48.4. The van der Waals surface area contributed by atoms with Gasteiger partial charge in [-0.15, -0.1) is 0 Å². The molecule has 0 unspecified atom stereocenters. The van der Waals surface area contributed by atoms with Crippen molar-refractivity contribution in [1.82, 2.24) is 0 Å². The molecule has 4 saturated carbocycles. The first-order valence-corrected chi connectivity index (χ1v) is 8.31. The van der Waals surface area contributed by atoms with E-state index in [1.807, 2.05) is 0 Å². The highest BCUT2D eigenvalue weighted by atomic mass is 16.7. The Labute approximate surface area is 131 Å². The molecule has 5 nitrogen and oxygen atoms in total. The second-order valence-corrected chi connectivity index (χ2v) is 7.41. The fourth-order valence-corrected chi connectivity index (χ4v) is 6.55. The molecule has 0 amide bonds. The molecule has 5 heteroatoms. The van der Waals surface area contributed by atoms with E-state index in [0.29, 0.717) is 53.1 Å². The maximum atomic E-state index is 12.2. The summed E-state index contributed by atoms with van der Waals surface area (Å²) in [6.45, 7) is 0. The monoisotopic (exact) mass is 310 g/mol. The number of Topliss-reactive ketones (excluding diaryl/α,β-unsaturated/α-hetero) is 1. The molecular weight excluding hydrogens is 284 g/mol. The zero-order valence-corrected chi connectivity index (χ0v) is 13.7. The number of methoxy groups -OCH3 is 4. The van der Waals surface area contributed by atoms with Gasteiger partial charge in [-0.2, -0.15) is 0 Å². The predicted molar refractivity (Wildman–Crippen MR) is 77.8 cm³/mol. The fraction of sp³-hybridized carbons (Fsp3) is 0.941. The molecule has 4 aliphatic carbocycles. The third-order valence-corrected chi connectivity index (χ3v) is 6.98. The Bertz CT molecular complexity index is 440. The van der Waals surface area contributed by atoms with E-state index >= 15 is 0 Å². The number of ketones is 1. The molecule has 0 radical (unpaired) electrons. The molecule has 22 heavy (non-hydrogen) atoms. The van der Waals surface area contributed by atoms with Crippen LogP contribution >= 0.6 is 0 Å². The van der Waals surface area contributed by atoms with Gasteiger partial charge in [-0.1, -0.05) is 0 Å². The Morgan fingerprint density at radius 3 is 1.91 bits per heavy atom. The van der Waals surface area contributed by atoms with Gasteiger partial charge in [-0.05, 0) is 36.0 Å². The lowest BCUT2D eigenvalue weighted by molar-refractivity contribution is -0.157. The van der Waals surface area contributed by atoms with E-state index in [-0.39, 0.29) is 12.6 Å². The lowest BCUT2D eigenvalue weighted by atomic mass is 9.80. The molecule has 0 bridgehead atoms. The van der Waals surface area contributed by atoms with Crippen molar-refractivity contribution in [3.63, 3.8) is 0 Å². The molecule has 0 aromatic heterocycles. The summed E-state index contributed by atoms with van der Waals surface area (Å²) < 4.78 is 22.3. The van der Waals surface area contributed by atoms with Crippen LogP contribution in [0.25, 0.3) is 0 Å². The number of fused-ring (bicyclic) bond motifs is 4. The van der Waals surface area contributed by atoms with E-state index < -0.39 is 0 Å². The van der Waals surface area contributed by atoms with Gasteiger partial charge in [0.05, 0.1) is 0 Å². The minimum Gasteiger partial charge on any atom is -0.356 e. The highest BCUT2D eigenvalue weighted by molar-refractivity contribution is 5.88. The highest BCUT2D eigenvalue weighted by Crippen LogP contribution is 2.77. The topological polar surface area (TPSA) is 54.0 Å². The Morgan fingerprint density at radius 2 is 1.36 bits per heavy atom. The van der Waals surface area contributed by atoms with Crippen LogP contribution in [0.15, 0.2) is 0 Å². The predicted octanol–water partition coefficient (Wildman–Crippen LogP) is 1.56. The summed E-state index contributed by atoms with van der Waals surface area (Å²) in [4.78, 5) is 12.2. The van der Waals surface area contributed by atoms with Crippen LogP contribution in [0.3, 0.4) is 0 Å². The largest absolute Gasteiger partial charge is 0.356 e. The van der Waals surface area contributed by atoms with Crippen LogP contribution in [0.2, 0.25) is 0 Å². The fourth-order valence-electron chi connectivity index (χ4n) is 6.55. The van der Waals surface area contributed by atoms with Crippen molar-refractivity contribution in [3.8, 4) is 0 Å². The van der Waals surface area contributed by atoms with Crippen molar-refractivity contribution in [2.45, 2.75) is 25.4 Å². The van der Waals surface area contributed by atoms with Crippen molar-refractivity contribution in [2.24, 2.45) is 47.3 Å². The number of carbonyl (C=O) groups excluding carboxylic acids is 1. The molecular formula is C17H26O5. The number of hydrogen-bond donors (Lipinski definition) is 0. The summed E-state index contributed by atoms with van der Waals surface area (Å²) >= 11 is 0. The lowest BCUT2D eigenvalue weighted by Crippen LogP contribution is -2.32. The summed E-state index contributed by atoms with van der Waals surface area (Å²) in [5.74, 6) is 4.26. The molecule has 0 saturated heterocycles. The summed E-state index contributed by atoms with van der Waals surface area (Å²) in [7, 11) is 6.83. The highest BCUT2D eigenvalue weighted by Gasteiger charge is 2.77. The molecule has 0 aliphatic heterocycles. The average Bonchev–Trinajstić information content (AvgIpc) is 2.87. The molecule has 0 aromatic rings. The van der Waals surface area contributed by atoms with Crippen molar-refractivity contribution in [3.05, 3.63) is 0 Å². The molecule has 0 N–H and O–H groups in total. The Morgan fingerprint density at radius 1 is 0.818 bits per heavy atom. The van der Waals surface area contributed by atoms with E-state index in [0.717, 1.165) is 12.8 Å². The maximum absolute atomic E-state index is 12.2. The summed E-state index contributed by atoms with van der Waals surface area (Å²) in [5.41, 5.74) is 0. The number of rotatable bonds is 6. The summed E-state index contributed by atoms with van der Waals surface area (Å²) in [6.07, 6.45) is 1.37. The van der Waals surface area contributed by atoms with Gasteiger partial charge in [0, 0.05) is 52.6 Å². The number of hydrogen-bond acceptors (Lipinski definition) is 5. The van der Waals surface area contributed by atoms with Gasteiger partial charge < -0.3 is 18.9 Å². The van der Waals surface area contributed by atoms with Crippen LogP contribution in [0.5, 0.6) is 0 Å². The third kappa shape index (κ3) is 1.77. The molecule has 8 atom stereocenters. The molecule has 0 heterocycles. The first kappa shape index (κ1) is 15.1. The number of carbonyl (C=O) groups is 1. The molecule has 4 aliphatic rings. The Hall–Kier alpha value is -0.490. The van der Waals surface area contributed by atoms with E-state index in [2.05, 4.69) is 0 Å². The smallest absolute Gasteiger partial charge is 0.159 e. The van der Waals surface area contributed by atoms with Crippen LogP contribution in [-0.2, 0) is 23.7 Å². The second kappa shape index (κ2) is 5.26. The first-order chi connectivity index (χ1) is 10.7. The van der Waals surface area contributed by atoms with E-state index in [1.54, 1.807) is 28.4 Å². The standard InChI is InChI=1S/C17H26O5/c1-19-16(20-2)8-5-9(17(21-3)22-4)13-11(8)7-6-10(18)14-12(7)15(13)14/h7-9,11-17H,5-6H2,1-4H3/t7-,8+,9-,11+,12+,13-,14+,15+/m1/s1. The summed E-state index contributed by atoms with van der Waals surface area (Å²) in [6, 6.07) is 0. The second-order valence-electron chi connectivity index (χ2n) is 7.41. The molecule has 0 aromatic carbocycles. The summed E-state index contributed by atoms with van der Waals surface area (Å²) in [5, 5.41) is 0. The van der Waals surface area contributed by atoms with Gasteiger partial charge in [0.2, 0.25) is 0 Å². The van der Waals surface area contributed by atoms with E-state index in [4.69, 9.17) is 18.9 Å². The first-order valence-electron chi connectivity index (χ1n) is 8.31. The zero-order chi connectivity index (χ0) is 15.6. The van der Waals surface area contributed by atoms with Crippen LogP contribution in [0.1, 0.15) is 12.8 Å². The minimum atomic E-state index is -0.196. The molecule has 4 fully saturated rings. The lowest BCUT2D eigenvalue weighted by Gasteiger charge is -2.30. The Balaban J connectivity index is 1.66. The molecule has 4 rings (SSSR count). The van der Waals surface area contributed by atoms with Crippen molar-refractivity contribution in [1.29, 1.82) is 0 Å². The quantitative estimate of drug-likeness (QED) is 0.697. The average molecular weight is 310 g/mol. The van der Waals surface area contributed by atoms with Gasteiger partial charge in [-0.25, -0.2) is 0 Å². The number of ether oxygens (including phenoxy) is 4. The van der Waals surface area contributed by atoms with Gasteiger partial charge in [-0.3, -0.25) is 4.79 Å². The van der Waals surface area contributed by atoms with Crippen molar-refractivity contribution in [2.75, 3.05) is 28.4 Å². The third-order valence-electron chi connectivity index (χ3n) is 6.98. The Kier molecular flexibility index (Phi) is 3.60. The molecule has 0 spiro atoms. The van der Waals surface area contributed by atoms with Crippen molar-refractivity contribution >= 4 is 5.78 Å². The zero-order valence-electron chi connectivity index (χ0n) is 13.7. The van der Waals surface area contributed by atoms with Crippen LogP contribution in [-0.4, -0.2) is 46.8 Å². The van der Waals surface area contributed by atoms with Gasteiger partial charge in [0.25, 0.3) is 0 Å². The van der Waals surface area contributed by atoms with Crippen LogP contribution in [0.4, 0.5) is 0 Å². The molecule has 124 valence electrons. The maximum Gasteiger partial charge on any atom is 0.159 e. The minimum absolute atomic E-state index is 0.194. The SMILES string of the molecule is COC(OC)[C@H]1C[C@@H](C(OC)OC)[C@H]2[C@H]3[C@H]4C(=O)C[C@H]([C@H]21)[C@@H]43. The van der Waals surface area contributed by atoms with E-state index in [9.17, 15) is 4.79 Å². The van der Waals surface area contributed by atoms with Crippen molar-refractivity contribution < 1.29 is 23.7 Å². The van der Waals surface area contributed by atoms with Crippen LogP contribution < -0.4 is 0 Å². The van der Waals surface area contributed by atoms with Crippen LogP contribution in [0, 0.1) is 47.3 Å².